The summed E-state index contributed by atoms with van der Waals surface area (Å²) in [6, 6.07) is 1.61. The normalized spacial score (nSPS) is 13.1. The van der Waals surface area contributed by atoms with Gasteiger partial charge in [-0.05, 0) is 45.3 Å². The lowest BCUT2D eigenvalue weighted by Crippen LogP contribution is -2.51. The number of hydrogen-bond acceptors (Lipinski definition) is 1. The highest BCUT2D eigenvalue weighted by atomic mass is 127. The van der Waals surface area contributed by atoms with Crippen molar-refractivity contribution in [2.24, 2.45) is 0 Å². The van der Waals surface area contributed by atoms with E-state index in [0.29, 0.717) is 16.6 Å². The number of rotatable bonds is 4. The van der Waals surface area contributed by atoms with E-state index in [1.165, 1.54) is 6.20 Å². The molecule has 116 valence electrons. The lowest BCUT2D eigenvalue weighted by Gasteiger charge is -2.44. The van der Waals surface area contributed by atoms with Gasteiger partial charge >= 0.3 is 0 Å². The molecule has 0 aliphatic rings. The van der Waals surface area contributed by atoms with Crippen LogP contribution >= 0.6 is 22.6 Å². The fraction of sp³-hybridized carbons (Fsp3) is 0.562. The average Bonchev–Trinajstić information content (AvgIpc) is 2.66. The number of aromatic nitrogens is 2. The molecule has 2 heterocycles. The van der Waals surface area contributed by atoms with Crippen molar-refractivity contribution in [1.29, 1.82) is 0 Å². The van der Waals surface area contributed by atoms with E-state index >= 15 is 0 Å². The van der Waals surface area contributed by atoms with Gasteiger partial charge in [0, 0.05) is 15.2 Å². The van der Waals surface area contributed by atoms with Crippen molar-refractivity contribution in [3.05, 3.63) is 27.8 Å². The first-order valence-corrected chi connectivity index (χ1v) is 10.8. The minimum Gasteiger partial charge on any atom is -0.358 e. The molecule has 2 nitrogen and oxygen atoms in total. The summed E-state index contributed by atoms with van der Waals surface area (Å²) in [6.07, 6.45) is 3.54. The highest BCUT2D eigenvalue weighted by Crippen LogP contribution is 2.44. The predicted octanol–water partition coefficient (Wildman–Crippen LogP) is 5.80. The van der Waals surface area contributed by atoms with Gasteiger partial charge in [-0.2, -0.15) is 0 Å². The van der Waals surface area contributed by atoms with Crippen LogP contribution < -0.4 is 0 Å². The van der Waals surface area contributed by atoms with Crippen LogP contribution in [0.2, 0.25) is 16.6 Å². The van der Waals surface area contributed by atoms with Gasteiger partial charge in [-0.15, -0.1) is 0 Å². The quantitative estimate of drug-likeness (QED) is 0.453. The van der Waals surface area contributed by atoms with Crippen LogP contribution in [0.15, 0.2) is 18.5 Å². The Morgan fingerprint density at radius 2 is 1.62 bits per heavy atom. The van der Waals surface area contributed by atoms with Gasteiger partial charge in [0.2, 0.25) is 0 Å². The van der Waals surface area contributed by atoms with Crippen LogP contribution in [0.1, 0.15) is 41.5 Å². The Bertz CT molecular complexity index is 627. The van der Waals surface area contributed by atoms with Gasteiger partial charge in [-0.25, -0.2) is 9.37 Å². The Hall–Kier alpha value is -0.433. The van der Waals surface area contributed by atoms with Crippen LogP contribution in [0.25, 0.3) is 11.0 Å². The molecule has 0 aliphatic carbocycles. The Morgan fingerprint density at radius 1 is 1.10 bits per heavy atom. The second kappa shape index (κ2) is 5.99. The highest BCUT2D eigenvalue weighted by Gasteiger charge is 2.46. The van der Waals surface area contributed by atoms with Crippen molar-refractivity contribution in [2.45, 2.75) is 58.2 Å². The monoisotopic (exact) mass is 418 g/mol. The summed E-state index contributed by atoms with van der Waals surface area (Å²) in [4.78, 5) is 4.43. The number of fused-ring (bicyclic) bond motifs is 1. The van der Waals surface area contributed by atoms with E-state index in [-0.39, 0.29) is 5.82 Å². The zero-order valence-electron chi connectivity index (χ0n) is 13.6. The molecule has 0 atom stereocenters. The standard InChI is InChI=1S/C16H24FIN2Si/c1-10(2)21(11(3)4,12(5)6)20-9-15(18)14-7-13(17)8-19-16(14)20/h7-12H,1-6H3. The maximum absolute atomic E-state index is 13.5. The maximum atomic E-state index is 13.5. The minimum absolute atomic E-state index is 0.260. The van der Waals surface area contributed by atoms with Crippen molar-refractivity contribution in [1.82, 2.24) is 9.22 Å². The lowest BCUT2D eigenvalue weighted by atomic mass is 10.3. The van der Waals surface area contributed by atoms with Gasteiger partial charge in [-0.3, -0.25) is 0 Å². The van der Waals surface area contributed by atoms with Crippen LogP contribution in [0.3, 0.4) is 0 Å². The van der Waals surface area contributed by atoms with Crippen molar-refractivity contribution in [3.63, 3.8) is 0 Å². The van der Waals surface area contributed by atoms with E-state index < -0.39 is 8.24 Å². The van der Waals surface area contributed by atoms with Gasteiger partial charge in [0.1, 0.15) is 11.5 Å². The summed E-state index contributed by atoms with van der Waals surface area (Å²) in [5.41, 5.74) is 2.73. The van der Waals surface area contributed by atoms with E-state index in [1.807, 2.05) is 0 Å². The molecule has 2 aromatic rings. The van der Waals surface area contributed by atoms with E-state index in [9.17, 15) is 4.39 Å². The van der Waals surface area contributed by atoms with E-state index in [2.05, 4.69) is 79.5 Å². The fourth-order valence-corrected chi connectivity index (χ4v) is 11.7. The number of nitrogens with zero attached hydrogens (tertiary/aromatic N) is 2. The highest BCUT2D eigenvalue weighted by molar-refractivity contribution is 14.1. The molecule has 0 bridgehead atoms. The van der Waals surface area contributed by atoms with Gasteiger partial charge in [0.25, 0.3) is 0 Å². The third-order valence-corrected chi connectivity index (χ3v) is 12.3. The topological polar surface area (TPSA) is 17.8 Å². The molecule has 21 heavy (non-hydrogen) atoms. The van der Waals surface area contributed by atoms with Gasteiger partial charge in [0.05, 0.1) is 6.20 Å². The molecular weight excluding hydrogens is 394 g/mol. The molecule has 2 aromatic heterocycles. The first-order valence-electron chi connectivity index (χ1n) is 7.55. The van der Waals surface area contributed by atoms with Crippen molar-refractivity contribution in [3.8, 4) is 0 Å². The molecule has 5 heteroatoms. The van der Waals surface area contributed by atoms with Crippen molar-refractivity contribution in [2.75, 3.05) is 0 Å². The molecule has 0 amide bonds. The van der Waals surface area contributed by atoms with Gasteiger partial charge < -0.3 is 4.23 Å². The summed E-state index contributed by atoms with van der Waals surface area (Å²) < 4.78 is 17.1. The SMILES string of the molecule is CC(C)[Si](C(C)C)(C(C)C)n1cc(I)c2cc(F)cnc21. The summed E-state index contributed by atoms with van der Waals surface area (Å²) in [6.45, 7) is 14.0. The molecule has 2 rings (SSSR count). The predicted molar refractivity (Wildman–Crippen MR) is 98.9 cm³/mol. The van der Waals surface area contributed by atoms with Crippen LogP contribution in [0, 0.1) is 9.39 Å². The van der Waals surface area contributed by atoms with Crippen LogP contribution in [-0.2, 0) is 0 Å². The van der Waals surface area contributed by atoms with Crippen molar-refractivity contribution >= 4 is 41.9 Å². The van der Waals surface area contributed by atoms with Crippen LogP contribution in [-0.4, -0.2) is 17.5 Å². The Balaban J connectivity index is 2.83. The molecule has 0 unspecified atom stereocenters. The molecule has 0 spiro atoms. The van der Waals surface area contributed by atoms with E-state index in [1.54, 1.807) is 6.07 Å². The first-order chi connectivity index (χ1) is 9.72. The molecule has 0 aliphatic heterocycles. The van der Waals surface area contributed by atoms with Gasteiger partial charge in [0.15, 0.2) is 8.24 Å². The molecular formula is C16H24FIN2Si. The van der Waals surface area contributed by atoms with Crippen LogP contribution in [0.4, 0.5) is 4.39 Å². The molecule has 0 fully saturated rings. The first kappa shape index (κ1) is 16.9. The van der Waals surface area contributed by atoms with E-state index in [4.69, 9.17) is 0 Å². The average molecular weight is 418 g/mol. The zero-order valence-corrected chi connectivity index (χ0v) is 16.8. The van der Waals surface area contributed by atoms with Crippen molar-refractivity contribution < 1.29 is 4.39 Å². The zero-order chi connectivity index (χ0) is 15.9. The summed E-state index contributed by atoms with van der Waals surface area (Å²) in [5, 5.41) is 0.939. The second-order valence-electron chi connectivity index (χ2n) is 6.72. The molecule has 0 radical (unpaired) electrons. The molecule has 0 saturated carbocycles. The van der Waals surface area contributed by atoms with Crippen LogP contribution in [0.5, 0.6) is 0 Å². The number of hydrogen-bond donors (Lipinski definition) is 0. The Morgan fingerprint density at radius 3 is 2.10 bits per heavy atom. The lowest BCUT2D eigenvalue weighted by molar-refractivity contribution is 0.624. The molecule has 0 aromatic carbocycles. The van der Waals surface area contributed by atoms with E-state index in [0.717, 1.165) is 14.6 Å². The van der Waals surface area contributed by atoms with Gasteiger partial charge in [-0.1, -0.05) is 41.5 Å². The summed E-state index contributed by atoms with van der Waals surface area (Å²) >= 11 is 2.30. The third kappa shape index (κ3) is 2.56. The molecule has 0 saturated heterocycles. The number of halogens is 2. The third-order valence-electron chi connectivity index (χ3n) is 4.75. The Kier molecular flexibility index (Phi) is 4.83. The smallest absolute Gasteiger partial charge is 0.171 e. The summed E-state index contributed by atoms with van der Waals surface area (Å²) in [5.74, 6) is -0.260. The number of pyridine rings is 1. The largest absolute Gasteiger partial charge is 0.358 e. The Labute approximate surface area is 141 Å². The second-order valence-corrected chi connectivity index (χ2v) is 13.6. The maximum Gasteiger partial charge on any atom is 0.171 e. The molecule has 0 N–H and O–H groups in total. The summed E-state index contributed by atoms with van der Waals surface area (Å²) in [7, 11) is -1.84. The fourth-order valence-electron chi connectivity index (χ4n) is 4.17. The minimum atomic E-state index is -1.84.